The highest BCUT2D eigenvalue weighted by molar-refractivity contribution is 5.82. The maximum Gasteiger partial charge on any atom is 0.223 e. The molecular formula is C18H32N2O. The van der Waals surface area contributed by atoms with Crippen molar-refractivity contribution in [1.29, 1.82) is 0 Å². The summed E-state index contributed by atoms with van der Waals surface area (Å²) in [6, 6.07) is 0.467. The number of piperidine rings is 1. The minimum atomic E-state index is 0.331. The molecule has 2 saturated carbocycles. The number of unbranched alkanes of at least 4 members (excludes halogenated alkanes) is 1. The summed E-state index contributed by atoms with van der Waals surface area (Å²) in [7, 11) is 0. The van der Waals surface area contributed by atoms with Gasteiger partial charge >= 0.3 is 0 Å². The van der Waals surface area contributed by atoms with E-state index in [1.165, 1.54) is 57.8 Å². The first-order chi connectivity index (χ1) is 10.2. The highest BCUT2D eigenvalue weighted by atomic mass is 16.2. The first-order valence-electron chi connectivity index (χ1n) is 9.24. The molecule has 3 aliphatic rings. The van der Waals surface area contributed by atoms with Crippen LogP contribution in [0.5, 0.6) is 0 Å². The molecule has 2 aliphatic carbocycles. The van der Waals surface area contributed by atoms with Crippen molar-refractivity contribution >= 4 is 5.91 Å². The quantitative estimate of drug-likeness (QED) is 0.817. The van der Waals surface area contributed by atoms with Crippen molar-refractivity contribution in [2.75, 3.05) is 13.1 Å². The van der Waals surface area contributed by atoms with Crippen LogP contribution >= 0.6 is 0 Å². The lowest BCUT2D eigenvalue weighted by atomic mass is 9.83. The van der Waals surface area contributed by atoms with E-state index in [0.717, 1.165) is 25.4 Å². The first-order valence-corrected chi connectivity index (χ1v) is 9.24. The molecule has 0 radical (unpaired) electrons. The third-order valence-corrected chi connectivity index (χ3v) is 6.26. The van der Waals surface area contributed by atoms with Gasteiger partial charge in [-0.2, -0.15) is 0 Å². The van der Waals surface area contributed by atoms with Crippen LogP contribution in [0.2, 0.25) is 0 Å². The summed E-state index contributed by atoms with van der Waals surface area (Å²) in [5, 5.41) is 6.78. The van der Waals surface area contributed by atoms with E-state index in [-0.39, 0.29) is 0 Å². The van der Waals surface area contributed by atoms with Crippen LogP contribution < -0.4 is 10.6 Å². The van der Waals surface area contributed by atoms with E-state index in [0.29, 0.717) is 23.3 Å². The number of amides is 1. The lowest BCUT2D eigenvalue weighted by molar-refractivity contribution is -0.124. The first kappa shape index (κ1) is 15.3. The minimum absolute atomic E-state index is 0.331. The van der Waals surface area contributed by atoms with Crippen molar-refractivity contribution in [1.82, 2.24) is 10.6 Å². The Morgan fingerprint density at radius 2 is 1.90 bits per heavy atom. The summed E-state index contributed by atoms with van der Waals surface area (Å²) >= 11 is 0. The molecule has 1 atom stereocenters. The lowest BCUT2D eigenvalue weighted by Crippen LogP contribution is -2.40. The molecule has 3 rings (SSSR count). The van der Waals surface area contributed by atoms with Gasteiger partial charge in [-0.25, -0.2) is 0 Å². The highest BCUT2D eigenvalue weighted by Crippen LogP contribution is 2.58. The summed E-state index contributed by atoms with van der Waals surface area (Å²) in [6.45, 7) is 4.48. The number of carbonyl (C=O) groups is 1. The van der Waals surface area contributed by atoms with E-state index in [2.05, 4.69) is 17.6 Å². The third kappa shape index (κ3) is 3.61. The van der Waals surface area contributed by atoms with Crippen molar-refractivity contribution in [3.8, 4) is 0 Å². The van der Waals surface area contributed by atoms with Crippen LogP contribution in [0.4, 0.5) is 0 Å². The van der Waals surface area contributed by atoms with Crippen molar-refractivity contribution in [2.45, 2.75) is 77.2 Å². The zero-order chi connectivity index (χ0) is 14.7. The van der Waals surface area contributed by atoms with Gasteiger partial charge in [0.1, 0.15) is 0 Å². The Balaban J connectivity index is 1.39. The molecule has 120 valence electrons. The lowest BCUT2D eigenvalue weighted by Gasteiger charge is -2.30. The maximum absolute atomic E-state index is 12.5. The van der Waals surface area contributed by atoms with Crippen molar-refractivity contribution in [2.24, 2.45) is 17.3 Å². The number of nitrogens with one attached hydrogen (secondary N) is 2. The molecule has 21 heavy (non-hydrogen) atoms. The average Bonchev–Trinajstić information content (AvgIpc) is 3.21. The number of hydrogen-bond acceptors (Lipinski definition) is 2. The Kier molecular flexibility index (Phi) is 4.88. The predicted octanol–water partition coefficient (Wildman–Crippen LogP) is 3.24. The molecular weight excluding hydrogens is 260 g/mol. The number of rotatable bonds is 5. The fourth-order valence-corrected chi connectivity index (χ4v) is 4.59. The van der Waals surface area contributed by atoms with Crippen LogP contribution in [0.1, 0.15) is 71.1 Å². The van der Waals surface area contributed by atoms with E-state index in [1.807, 2.05) is 0 Å². The highest BCUT2D eigenvalue weighted by Gasteiger charge is 2.57. The Labute approximate surface area is 129 Å². The zero-order valence-corrected chi connectivity index (χ0v) is 13.6. The Hall–Kier alpha value is -0.570. The van der Waals surface area contributed by atoms with Gasteiger partial charge in [0.15, 0.2) is 0 Å². The molecule has 1 spiro atoms. The van der Waals surface area contributed by atoms with Crippen molar-refractivity contribution < 1.29 is 4.79 Å². The van der Waals surface area contributed by atoms with Gasteiger partial charge in [0.25, 0.3) is 0 Å². The van der Waals surface area contributed by atoms with Crippen LogP contribution in [0.3, 0.4) is 0 Å². The van der Waals surface area contributed by atoms with E-state index in [1.54, 1.807) is 0 Å². The maximum atomic E-state index is 12.5. The van der Waals surface area contributed by atoms with E-state index in [4.69, 9.17) is 0 Å². The summed E-state index contributed by atoms with van der Waals surface area (Å²) < 4.78 is 0. The van der Waals surface area contributed by atoms with Crippen LogP contribution in [0, 0.1) is 17.3 Å². The van der Waals surface area contributed by atoms with Crippen molar-refractivity contribution in [3.63, 3.8) is 0 Å². The molecule has 1 saturated heterocycles. The van der Waals surface area contributed by atoms with Gasteiger partial charge in [0, 0.05) is 12.0 Å². The van der Waals surface area contributed by atoms with Gasteiger partial charge in [-0.05, 0) is 69.4 Å². The molecule has 1 amide bonds. The van der Waals surface area contributed by atoms with Crippen LogP contribution in [-0.4, -0.2) is 25.0 Å². The molecule has 0 aromatic rings. The fraction of sp³-hybridized carbons (Fsp3) is 0.944. The van der Waals surface area contributed by atoms with Crippen LogP contribution in [-0.2, 0) is 4.79 Å². The summed E-state index contributed by atoms with van der Waals surface area (Å²) in [4.78, 5) is 12.5. The molecule has 2 N–H and O–H groups in total. The molecule has 1 aliphatic heterocycles. The third-order valence-electron chi connectivity index (χ3n) is 6.26. The minimum Gasteiger partial charge on any atom is -0.353 e. The van der Waals surface area contributed by atoms with Crippen molar-refractivity contribution in [3.05, 3.63) is 0 Å². The standard InChI is InChI=1S/C18H32N2O/c1-2-3-4-14-5-7-15(8-6-14)20-17(21)16-13-18(16)9-11-19-12-10-18/h14-16,19H,2-13H2,1H3,(H,20,21). The molecule has 3 nitrogen and oxygen atoms in total. The topological polar surface area (TPSA) is 41.1 Å². The molecule has 0 aromatic heterocycles. The molecule has 1 unspecified atom stereocenters. The Morgan fingerprint density at radius 1 is 1.19 bits per heavy atom. The van der Waals surface area contributed by atoms with E-state index < -0.39 is 0 Å². The average molecular weight is 292 g/mol. The second-order valence-corrected chi connectivity index (χ2v) is 7.74. The SMILES string of the molecule is CCCCC1CCC(NC(=O)C2CC23CCNCC3)CC1. The van der Waals surface area contributed by atoms with Gasteiger partial charge in [0.2, 0.25) is 5.91 Å². The van der Waals surface area contributed by atoms with Gasteiger partial charge in [-0.3, -0.25) is 4.79 Å². The molecule has 3 heteroatoms. The van der Waals surface area contributed by atoms with Gasteiger partial charge in [0.05, 0.1) is 0 Å². The summed E-state index contributed by atoms with van der Waals surface area (Å²) in [6.07, 6.45) is 12.7. The van der Waals surface area contributed by atoms with Gasteiger partial charge < -0.3 is 10.6 Å². The van der Waals surface area contributed by atoms with Crippen LogP contribution in [0.25, 0.3) is 0 Å². The molecule has 1 heterocycles. The smallest absolute Gasteiger partial charge is 0.223 e. The normalized spacial score (nSPS) is 34.6. The largest absolute Gasteiger partial charge is 0.353 e. The van der Waals surface area contributed by atoms with E-state index in [9.17, 15) is 4.79 Å². The second kappa shape index (κ2) is 6.68. The molecule has 0 bridgehead atoms. The van der Waals surface area contributed by atoms with Gasteiger partial charge in [-0.1, -0.05) is 26.2 Å². The number of carbonyl (C=O) groups excluding carboxylic acids is 1. The predicted molar refractivity (Wildman–Crippen MR) is 86.1 cm³/mol. The summed E-state index contributed by atoms with van der Waals surface area (Å²) in [5.74, 6) is 1.63. The Morgan fingerprint density at radius 3 is 2.57 bits per heavy atom. The summed E-state index contributed by atoms with van der Waals surface area (Å²) in [5.41, 5.74) is 0.383. The fourth-order valence-electron chi connectivity index (χ4n) is 4.59. The Bertz CT molecular complexity index is 354. The zero-order valence-electron chi connectivity index (χ0n) is 13.6. The molecule has 3 fully saturated rings. The second-order valence-electron chi connectivity index (χ2n) is 7.74. The van der Waals surface area contributed by atoms with E-state index >= 15 is 0 Å². The number of hydrogen-bond donors (Lipinski definition) is 2. The van der Waals surface area contributed by atoms with Crippen LogP contribution in [0.15, 0.2) is 0 Å². The molecule has 0 aromatic carbocycles. The van der Waals surface area contributed by atoms with Gasteiger partial charge in [-0.15, -0.1) is 0 Å². The monoisotopic (exact) mass is 292 g/mol.